The van der Waals surface area contributed by atoms with Crippen LogP contribution in [0.15, 0.2) is 60.7 Å². The summed E-state index contributed by atoms with van der Waals surface area (Å²) in [7, 11) is 1.40. The molecule has 0 radical (unpaired) electrons. The molecule has 0 saturated carbocycles. The van der Waals surface area contributed by atoms with E-state index in [1.807, 2.05) is 0 Å². The first kappa shape index (κ1) is 20.6. The summed E-state index contributed by atoms with van der Waals surface area (Å²) in [5.41, 5.74) is -1.21. The lowest BCUT2D eigenvalue weighted by Gasteiger charge is -2.35. The third kappa shape index (κ3) is 3.03. The van der Waals surface area contributed by atoms with E-state index < -0.39 is 35.0 Å². The van der Waals surface area contributed by atoms with Crippen LogP contribution in [0.1, 0.15) is 21.5 Å². The highest BCUT2D eigenvalue weighted by molar-refractivity contribution is 6.12. The number of carbonyl (C=O) groups excluding carboxylic acids is 2. The van der Waals surface area contributed by atoms with Crippen molar-refractivity contribution in [3.8, 4) is 6.01 Å². The first-order chi connectivity index (χ1) is 15.8. The largest absolute Gasteiger partial charge is 0.414 e. The van der Waals surface area contributed by atoms with E-state index >= 15 is 0 Å². The van der Waals surface area contributed by atoms with Crippen LogP contribution in [0.3, 0.4) is 0 Å². The normalized spacial score (nSPS) is 17.3. The molecule has 1 aromatic heterocycles. The summed E-state index contributed by atoms with van der Waals surface area (Å²) < 4.78 is 33.8. The van der Waals surface area contributed by atoms with Crippen LogP contribution in [-0.4, -0.2) is 34.1 Å². The average Bonchev–Trinajstić information content (AvgIpc) is 3.32. The number of ether oxygens (including phenoxy) is 1. The fourth-order valence-electron chi connectivity index (χ4n) is 3.99. The second-order valence-corrected chi connectivity index (χ2v) is 7.34. The third-order valence-corrected chi connectivity index (χ3v) is 5.49. The monoisotopic (exact) mass is 450 g/mol. The molecule has 0 aliphatic carbocycles. The molecule has 3 aromatic carbocycles. The smallest absolute Gasteiger partial charge is 0.375 e. The number of fused-ring (bicyclic) bond motifs is 2. The Labute approximate surface area is 185 Å². The molecule has 1 aliphatic rings. The van der Waals surface area contributed by atoms with Crippen LogP contribution in [0.4, 0.5) is 19.3 Å². The fourth-order valence-corrected chi connectivity index (χ4v) is 3.99. The Kier molecular flexibility index (Phi) is 4.61. The lowest BCUT2D eigenvalue weighted by Crippen LogP contribution is -2.45. The number of rotatable bonds is 3. The number of H-pyrrole nitrogens is 1. The maximum absolute atomic E-state index is 14.8. The van der Waals surface area contributed by atoms with Gasteiger partial charge in [-0.2, -0.15) is 4.98 Å². The zero-order valence-corrected chi connectivity index (χ0v) is 17.1. The number of aromatic nitrogens is 2. The van der Waals surface area contributed by atoms with Crippen LogP contribution >= 0.6 is 0 Å². The van der Waals surface area contributed by atoms with Gasteiger partial charge in [0.05, 0.1) is 16.7 Å². The summed E-state index contributed by atoms with van der Waals surface area (Å²) in [4.78, 5) is 32.5. The highest BCUT2D eigenvalue weighted by Crippen LogP contribution is 2.46. The van der Waals surface area contributed by atoms with Crippen molar-refractivity contribution in [1.82, 2.24) is 15.3 Å². The maximum Gasteiger partial charge on any atom is 0.414 e. The van der Waals surface area contributed by atoms with Crippen molar-refractivity contribution in [2.24, 2.45) is 0 Å². The predicted molar refractivity (Wildman–Crippen MR) is 114 cm³/mol. The summed E-state index contributed by atoms with van der Waals surface area (Å²) in [5.74, 6) is -3.11. The molecule has 0 saturated heterocycles. The number of imidazole rings is 1. The Morgan fingerprint density at radius 2 is 1.94 bits per heavy atom. The van der Waals surface area contributed by atoms with Gasteiger partial charge in [-0.05, 0) is 30.3 Å². The second kappa shape index (κ2) is 7.38. The van der Waals surface area contributed by atoms with Gasteiger partial charge in [-0.15, -0.1) is 0 Å². The van der Waals surface area contributed by atoms with Gasteiger partial charge in [0.1, 0.15) is 0 Å². The predicted octanol–water partition coefficient (Wildman–Crippen LogP) is 3.41. The molecular weight excluding hydrogens is 434 g/mol. The molecule has 2 amide bonds. The highest BCUT2D eigenvalue weighted by atomic mass is 19.2. The summed E-state index contributed by atoms with van der Waals surface area (Å²) in [5, 5.41) is 14.2. The Balaban J connectivity index is 1.70. The summed E-state index contributed by atoms with van der Waals surface area (Å²) in [6.07, 6.45) is -0.726. The number of hydrogen-bond donors (Lipinski definition) is 3. The van der Waals surface area contributed by atoms with E-state index in [4.69, 9.17) is 4.74 Å². The second-order valence-electron chi connectivity index (χ2n) is 7.34. The van der Waals surface area contributed by atoms with Crippen LogP contribution in [0.5, 0.6) is 6.01 Å². The van der Waals surface area contributed by atoms with E-state index in [0.29, 0.717) is 11.0 Å². The van der Waals surface area contributed by atoms with Gasteiger partial charge in [0.25, 0.3) is 5.91 Å². The number of hydrogen-bond acceptors (Lipinski definition) is 5. The lowest BCUT2D eigenvalue weighted by atomic mass is 9.93. The zero-order chi connectivity index (χ0) is 23.3. The molecule has 1 aliphatic heterocycles. The molecule has 0 spiro atoms. The van der Waals surface area contributed by atoms with Gasteiger partial charge in [0.15, 0.2) is 17.4 Å². The minimum absolute atomic E-state index is 0.0792. The summed E-state index contributed by atoms with van der Waals surface area (Å²) >= 11 is 0. The van der Waals surface area contributed by atoms with Crippen LogP contribution in [0.25, 0.3) is 11.0 Å². The van der Waals surface area contributed by atoms with Crippen LogP contribution in [0.2, 0.25) is 0 Å². The number of halogens is 2. The minimum Gasteiger partial charge on any atom is -0.375 e. The van der Waals surface area contributed by atoms with E-state index in [1.54, 1.807) is 24.3 Å². The van der Waals surface area contributed by atoms with E-state index in [0.717, 1.165) is 11.0 Å². The number of anilines is 1. The molecule has 33 heavy (non-hydrogen) atoms. The zero-order valence-electron chi connectivity index (χ0n) is 17.1. The van der Waals surface area contributed by atoms with Crippen LogP contribution < -0.4 is 15.0 Å². The van der Waals surface area contributed by atoms with Gasteiger partial charge in [0, 0.05) is 23.7 Å². The van der Waals surface area contributed by atoms with Crippen molar-refractivity contribution >= 4 is 28.7 Å². The first-order valence-corrected chi connectivity index (χ1v) is 9.85. The van der Waals surface area contributed by atoms with E-state index in [2.05, 4.69) is 15.3 Å². The van der Waals surface area contributed by atoms with Gasteiger partial charge in [-0.25, -0.2) is 13.6 Å². The lowest BCUT2D eigenvalue weighted by molar-refractivity contribution is 0.0698. The third-order valence-electron chi connectivity index (χ3n) is 5.49. The summed E-state index contributed by atoms with van der Waals surface area (Å²) in [6, 6.07) is 14.2. The molecule has 166 valence electrons. The maximum atomic E-state index is 14.8. The Bertz CT molecular complexity index is 1440. The molecule has 4 aromatic rings. The van der Waals surface area contributed by atoms with Crippen molar-refractivity contribution in [2.75, 3.05) is 11.9 Å². The van der Waals surface area contributed by atoms with E-state index in [-0.39, 0.29) is 22.7 Å². The van der Waals surface area contributed by atoms with Gasteiger partial charge in [-0.1, -0.05) is 30.3 Å². The number of aliphatic hydroxyl groups is 1. The average molecular weight is 450 g/mol. The minimum atomic E-state index is -2.15. The number of amides is 2. The van der Waals surface area contributed by atoms with Crippen LogP contribution in [-0.2, 0) is 5.72 Å². The van der Waals surface area contributed by atoms with Crippen molar-refractivity contribution in [2.45, 2.75) is 5.72 Å². The molecule has 0 fully saturated rings. The van der Waals surface area contributed by atoms with Crippen molar-refractivity contribution in [3.05, 3.63) is 89.0 Å². The molecule has 5 rings (SSSR count). The van der Waals surface area contributed by atoms with Crippen LogP contribution in [0, 0.1) is 11.6 Å². The molecule has 10 heteroatoms. The van der Waals surface area contributed by atoms with Crippen molar-refractivity contribution in [3.63, 3.8) is 0 Å². The molecule has 1 atom stereocenters. The summed E-state index contributed by atoms with van der Waals surface area (Å²) in [6.45, 7) is 0. The van der Waals surface area contributed by atoms with Gasteiger partial charge in [-0.3, -0.25) is 9.69 Å². The first-order valence-electron chi connectivity index (χ1n) is 9.85. The molecule has 2 heterocycles. The molecule has 3 N–H and O–H groups in total. The molecule has 8 nitrogen and oxygen atoms in total. The number of nitrogens with one attached hydrogen (secondary N) is 2. The van der Waals surface area contributed by atoms with E-state index in [9.17, 15) is 23.5 Å². The van der Waals surface area contributed by atoms with Gasteiger partial charge < -0.3 is 20.1 Å². The quantitative estimate of drug-likeness (QED) is 0.443. The Morgan fingerprint density at radius 1 is 1.15 bits per heavy atom. The molecular formula is C23H16F2N4O4. The Hall–Kier alpha value is -4.31. The number of carbonyl (C=O) groups is 2. The van der Waals surface area contributed by atoms with E-state index in [1.165, 1.54) is 37.4 Å². The topological polar surface area (TPSA) is 108 Å². The molecule has 0 bridgehead atoms. The number of aromatic amines is 1. The fraction of sp³-hybridized carbons (Fsp3) is 0.0870. The molecule has 1 unspecified atom stereocenters. The standard InChI is InChI=1S/C23H16F2N4O4/c1-26-22(31)33-21-27-16-10-9-12(11-17(16)28-21)23(32)14-6-3-2-5-13(14)20(30)29(23)18-8-4-7-15(24)19(18)25/h2-11,32H,1H3,(H,26,31)(H,27,28). The number of benzene rings is 3. The Morgan fingerprint density at radius 3 is 2.73 bits per heavy atom. The van der Waals surface area contributed by atoms with Crippen molar-refractivity contribution in [1.29, 1.82) is 0 Å². The highest BCUT2D eigenvalue weighted by Gasteiger charge is 2.51. The van der Waals surface area contributed by atoms with Crippen molar-refractivity contribution < 1.29 is 28.2 Å². The van der Waals surface area contributed by atoms with Gasteiger partial charge >= 0.3 is 12.1 Å². The number of nitrogens with zero attached hydrogens (tertiary/aromatic N) is 2. The van der Waals surface area contributed by atoms with Gasteiger partial charge in [0.2, 0.25) is 0 Å². The SMILES string of the molecule is CNC(=O)Oc1nc2ccc(C3(O)c4ccccc4C(=O)N3c3cccc(F)c3F)cc2[nH]1.